The summed E-state index contributed by atoms with van der Waals surface area (Å²) in [6.45, 7) is 12.1. The van der Waals surface area contributed by atoms with Crippen molar-refractivity contribution in [3.8, 4) is 17.1 Å². The summed E-state index contributed by atoms with van der Waals surface area (Å²) in [5, 5.41) is 4.80. The van der Waals surface area contributed by atoms with Crippen LogP contribution < -0.4 is 4.74 Å². The molecule has 0 amide bonds. The Hall–Kier alpha value is -2.75. The number of hydrogen-bond acceptors (Lipinski definition) is 7. The third-order valence-electron chi connectivity index (χ3n) is 9.43. The van der Waals surface area contributed by atoms with E-state index in [1.165, 1.54) is 49.9 Å². The van der Waals surface area contributed by atoms with Gasteiger partial charge in [0.1, 0.15) is 18.0 Å². The molecule has 2 aliphatic rings. The zero-order valence-electron chi connectivity index (χ0n) is 26.0. The second-order valence-electron chi connectivity index (χ2n) is 13.1. The summed E-state index contributed by atoms with van der Waals surface area (Å²) in [5.41, 5.74) is 5.77. The van der Waals surface area contributed by atoms with Gasteiger partial charge in [-0.05, 0) is 94.5 Å². The fraction of sp³-hybridized carbons (Fsp3) is 0.606. The molecule has 3 heterocycles. The van der Waals surface area contributed by atoms with Gasteiger partial charge in [-0.2, -0.15) is 5.10 Å². The van der Waals surface area contributed by atoms with Gasteiger partial charge in [0.15, 0.2) is 5.03 Å². The standard InChI is InChI=1S/C33H46N5O3S/c1-22(2)14-25(19-40-29-16-28(34-21-35-29)31-23(3)8-7-9-24(31)4)32(41-20-27-15-30(42-39)36-38(27)6)26-17-33(18-26)10-12-37(5)13-11-33/h7-9,15-16,21-22,25-26,32H,10-14,17-20H2,1-6H3. The van der Waals surface area contributed by atoms with Crippen LogP contribution >= 0.6 is 0 Å². The Morgan fingerprint density at radius 1 is 1.07 bits per heavy atom. The van der Waals surface area contributed by atoms with E-state index in [0.29, 0.717) is 53.0 Å². The number of aryl methyl sites for hydroxylation is 3. The highest BCUT2D eigenvalue weighted by molar-refractivity contribution is 7.65. The molecule has 2 unspecified atom stereocenters. The predicted molar refractivity (Wildman–Crippen MR) is 165 cm³/mol. The molecule has 42 heavy (non-hydrogen) atoms. The van der Waals surface area contributed by atoms with Crippen molar-refractivity contribution in [2.24, 2.45) is 30.2 Å². The third kappa shape index (κ3) is 7.06. The van der Waals surface area contributed by atoms with Crippen LogP contribution in [0.3, 0.4) is 0 Å². The Bertz CT molecular complexity index is 1340. The largest absolute Gasteiger partial charge is 0.477 e. The highest BCUT2D eigenvalue weighted by Crippen LogP contribution is 2.55. The number of aromatic nitrogens is 4. The number of rotatable bonds is 12. The van der Waals surface area contributed by atoms with E-state index in [1.807, 2.05) is 19.2 Å². The highest BCUT2D eigenvalue weighted by Gasteiger charge is 2.50. The normalized spacial score (nSPS) is 18.6. The molecule has 1 spiro atoms. The van der Waals surface area contributed by atoms with Crippen LogP contribution in [0.1, 0.15) is 62.8 Å². The molecular weight excluding hydrogens is 546 g/mol. The van der Waals surface area contributed by atoms with Crippen LogP contribution in [0.15, 0.2) is 41.7 Å². The van der Waals surface area contributed by atoms with Gasteiger partial charge in [-0.25, -0.2) is 14.2 Å². The molecule has 0 N–H and O–H groups in total. The summed E-state index contributed by atoms with van der Waals surface area (Å²) in [7, 11) is 4.11. The lowest BCUT2D eigenvalue weighted by atomic mass is 9.55. The summed E-state index contributed by atoms with van der Waals surface area (Å²) >= 11 is 0.423. The van der Waals surface area contributed by atoms with Crippen molar-refractivity contribution < 1.29 is 13.7 Å². The van der Waals surface area contributed by atoms with Crippen molar-refractivity contribution in [1.29, 1.82) is 0 Å². The molecule has 3 aromatic rings. The van der Waals surface area contributed by atoms with Gasteiger partial charge >= 0.3 is 0 Å². The van der Waals surface area contributed by atoms with Crippen LogP contribution in [-0.2, 0) is 30.1 Å². The van der Waals surface area contributed by atoms with Crippen LogP contribution in [-0.4, -0.2) is 61.7 Å². The number of benzene rings is 1. The maximum Gasteiger partial charge on any atom is 0.216 e. The smallest absolute Gasteiger partial charge is 0.216 e. The minimum Gasteiger partial charge on any atom is -0.477 e. The van der Waals surface area contributed by atoms with Gasteiger partial charge in [0.05, 0.1) is 30.7 Å². The molecule has 2 atom stereocenters. The quantitative estimate of drug-likeness (QED) is 0.262. The number of nitrogens with zero attached hydrogens (tertiary/aromatic N) is 5. The van der Waals surface area contributed by atoms with E-state index >= 15 is 0 Å². The molecule has 227 valence electrons. The topological polar surface area (TPSA) is 82.4 Å². The molecule has 5 rings (SSSR count). The summed E-state index contributed by atoms with van der Waals surface area (Å²) in [6, 6.07) is 10.1. The Kier molecular flexibility index (Phi) is 9.70. The van der Waals surface area contributed by atoms with Gasteiger partial charge in [-0.15, -0.1) is 0 Å². The van der Waals surface area contributed by atoms with E-state index in [-0.39, 0.29) is 12.0 Å². The van der Waals surface area contributed by atoms with Crippen LogP contribution in [0.2, 0.25) is 0 Å². The fourth-order valence-electron chi connectivity index (χ4n) is 7.15. The Balaban J connectivity index is 1.35. The highest BCUT2D eigenvalue weighted by atomic mass is 32.1. The molecule has 1 saturated heterocycles. The predicted octanol–water partition coefficient (Wildman–Crippen LogP) is 5.81. The van der Waals surface area contributed by atoms with Crippen molar-refractivity contribution in [3.63, 3.8) is 0 Å². The molecule has 9 heteroatoms. The monoisotopic (exact) mass is 592 g/mol. The number of likely N-dealkylation sites (tertiary alicyclic amines) is 1. The number of hydrogen-bond donors (Lipinski definition) is 0. The molecule has 8 nitrogen and oxygen atoms in total. The van der Waals surface area contributed by atoms with Crippen molar-refractivity contribution in [2.75, 3.05) is 26.7 Å². The molecule has 2 aromatic heterocycles. The van der Waals surface area contributed by atoms with E-state index in [2.05, 4.69) is 72.9 Å². The van der Waals surface area contributed by atoms with Gasteiger partial charge < -0.3 is 14.4 Å². The van der Waals surface area contributed by atoms with Crippen molar-refractivity contribution in [1.82, 2.24) is 24.6 Å². The maximum absolute atomic E-state index is 11.4. The second kappa shape index (κ2) is 13.3. The summed E-state index contributed by atoms with van der Waals surface area (Å²) < 4.78 is 26.4. The second-order valence-corrected chi connectivity index (χ2v) is 13.7. The van der Waals surface area contributed by atoms with E-state index in [9.17, 15) is 4.21 Å². The maximum atomic E-state index is 11.4. The average Bonchev–Trinajstić information content (AvgIpc) is 3.31. The van der Waals surface area contributed by atoms with Gasteiger partial charge in [0.25, 0.3) is 0 Å². The molecule has 1 saturated carbocycles. The van der Waals surface area contributed by atoms with Crippen LogP contribution in [0, 0.1) is 37.0 Å². The summed E-state index contributed by atoms with van der Waals surface area (Å²) in [4.78, 5) is 11.5. The van der Waals surface area contributed by atoms with Gasteiger partial charge in [0.2, 0.25) is 5.88 Å². The first-order chi connectivity index (χ1) is 20.2. The van der Waals surface area contributed by atoms with Crippen LogP contribution in [0.5, 0.6) is 5.88 Å². The molecule has 1 radical (unpaired) electrons. The molecular formula is C33H46N5O3S. The van der Waals surface area contributed by atoms with E-state index < -0.39 is 0 Å². The average molecular weight is 593 g/mol. The van der Waals surface area contributed by atoms with Gasteiger partial charge in [-0.1, -0.05) is 32.0 Å². The van der Waals surface area contributed by atoms with E-state index in [4.69, 9.17) is 9.47 Å². The number of piperidine rings is 1. The lowest BCUT2D eigenvalue weighted by Gasteiger charge is -2.55. The van der Waals surface area contributed by atoms with E-state index in [1.54, 1.807) is 11.0 Å². The first-order valence-corrected chi connectivity index (χ1v) is 16.0. The van der Waals surface area contributed by atoms with Crippen molar-refractivity contribution in [2.45, 2.75) is 77.5 Å². The zero-order chi connectivity index (χ0) is 29.9. The minimum absolute atomic E-state index is 0.0517. The first kappa shape index (κ1) is 30.7. The third-order valence-corrected chi connectivity index (χ3v) is 9.80. The Labute approximate surface area is 254 Å². The van der Waals surface area contributed by atoms with Crippen LogP contribution in [0.25, 0.3) is 11.3 Å². The van der Waals surface area contributed by atoms with Crippen LogP contribution in [0.4, 0.5) is 0 Å². The zero-order valence-corrected chi connectivity index (χ0v) is 26.8. The SMILES string of the molecule is Cc1cccc(C)c1-c1cc(OCC(CC(C)C)C(OCc2cc([S]=O)nn2C)C2CC3(CCN(C)CC3)C2)ncn1. The van der Waals surface area contributed by atoms with E-state index in [0.717, 1.165) is 23.4 Å². The fourth-order valence-corrected chi connectivity index (χ4v) is 7.49. The summed E-state index contributed by atoms with van der Waals surface area (Å²) in [6.07, 6.45) is 7.60. The van der Waals surface area contributed by atoms with Crippen molar-refractivity contribution in [3.05, 3.63) is 53.5 Å². The van der Waals surface area contributed by atoms with Gasteiger partial charge in [0, 0.05) is 30.7 Å². The minimum atomic E-state index is 0.0517. The molecule has 1 aliphatic heterocycles. The Morgan fingerprint density at radius 2 is 1.79 bits per heavy atom. The summed E-state index contributed by atoms with van der Waals surface area (Å²) in [5.74, 6) is 1.79. The molecule has 1 aromatic carbocycles. The van der Waals surface area contributed by atoms with Crippen molar-refractivity contribution >= 4 is 11.7 Å². The molecule has 0 bridgehead atoms. The Morgan fingerprint density at radius 3 is 2.43 bits per heavy atom. The molecule has 2 fully saturated rings. The van der Waals surface area contributed by atoms with Gasteiger partial charge in [-0.3, -0.25) is 4.68 Å². The lowest BCUT2D eigenvalue weighted by Crippen LogP contribution is -2.51. The molecule has 1 aliphatic carbocycles. The lowest BCUT2D eigenvalue weighted by molar-refractivity contribution is -0.125. The number of ether oxygens (including phenoxy) is 2. The first-order valence-electron chi connectivity index (χ1n) is 15.3.